The molecule has 1 aromatic carbocycles. The van der Waals surface area contributed by atoms with E-state index < -0.39 is 11.9 Å². The number of rotatable bonds is 4. The van der Waals surface area contributed by atoms with Crippen LogP contribution >= 0.6 is 0 Å². The molecule has 1 rings (SSSR count). The van der Waals surface area contributed by atoms with Crippen LogP contribution in [-0.2, 0) is 16.0 Å². The van der Waals surface area contributed by atoms with Crippen LogP contribution in [0.4, 0.5) is 0 Å². The molecule has 0 spiro atoms. The van der Waals surface area contributed by atoms with Gasteiger partial charge in [-0.25, -0.2) is 0 Å². The molecule has 0 heterocycles. The summed E-state index contributed by atoms with van der Waals surface area (Å²) in [5, 5.41) is 17.8. The Balaban J connectivity index is 0.00000121. The lowest BCUT2D eigenvalue weighted by atomic mass is 9.96. The van der Waals surface area contributed by atoms with E-state index in [1.165, 1.54) is 19.1 Å². The van der Waals surface area contributed by atoms with Crippen molar-refractivity contribution in [1.29, 1.82) is 0 Å². The summed E-state index contributed by atoms with van der Waals surface area (Å²) >= 11 is 0. The fourth-order valence-electron chi connectivity index (χ4n) is 1.27. The van der Waals surface area contributed by atoms with Crippen molar-refractivity contribution in [2.75, 3.05) is 0 Å². The molecule has 1 unspecified atom stereocenters. The molecule has 0 aliphatic heterocycles. The fourth-order valence-corrected chi connectivity index (χ4v) is 1.27. The second kappa shape index (κ2) is 7.44. The van der Waals surface area contributed by atoms with Gasteiger partial charge in [0.2, 0.25) is 0 Å². The van der Waals surface area contributed by atoms with Crippen molar-refractivity contribution in [1.82, 2.24) is 0 Å². The third kappa shape index (κ3) is 5.15. The van der Waals surface area contributed by atoms with E-state index >= 15 is 0 Å². The molecule has 0 radical (unpaired) electrons. The Morgan fingerprint density at radius 1 is 1.18 bits per heavy atom. The Hall–Kier alpha value is -1.84. The van der Waals surface area contributed by atoms with E-state index in [0.717, 1.165) is 5.56 Å². The molecule has 94 valence electrons. The predicted molar refractivity (Wildman–Crippen MR) is 65.0 cm³/mol. The zero-order chi connectivity index (χ0) is 13.4. The minimum absolute atomic E-state index is 0.119. The Labute approximate surface area is 101 Å². The Kier molecular flexibility index (Phi) is 6.63. The average Bonchev–Trinajstić information content (AvgIpc) is 2.30. The van der Waals surface area contributed by atoms with Gasteiger partial charge in [0.1, 0.15) is 17.5 Å². The predicted octanol–water partition coefficient (Wildman–Crippen LogP) is 2.25. The number of benzene rings is 1. The molecule has 0 amide bonds. The van der Waals surface area contributed by atoms with E-state index in [9.17, 15) is 9.59 Å². The number of carbonyl (C=O) groups is 2. The van der Waals surface area contributed by atoms with Crippen LogP contribution in [0.25, 0.3) is 0 Å². The summed E-state index contributed by atoms with van der Waals surface area (Å²) in [5.74, 6) is -2.37. The number of carboxylic acid groups (broad SMARTS) is 1. The summed E-state index contributed by atoms with van der Waals surface area (Å²) in [6.45, 7) is 5.26. The highest BCUT2D eigenvalue weighted by Crippen LogP contribution is 2.14. The quantitative estimate of drug-likeness (QED) is 0.789. The second-order valence-electron chi connectivity index (χ2n) is 3.37. The van der Waals surface area contributed by atoms with Gasteiger partial charge >= 0.3 is 5.97 Å². The molecular weight excluding hydrogens is 220 g/mol. The van der Waals surface area contributed by atoms with Crippen LogP contribution < -0.4 is 0 Å². The first-order valence-electron chi connectivity index (χ1n) is 5.52. The van der Waals surface area contributed by atoms with Crippen molar-refractivity contribution in [3.8, 4) is 5.75 Å². The van der Waals surface area contributed by atoms with Crippen molar-refractivity contribution in [3.63, 3.8) is 0 Å². The Morgan fingerprint density at radius 2 is 1.65 bits per heavy atom. The average molecular weight is 238 g/mol. The van der Waals surface area contributed by atoms with Crippen LogP contribution in [0.15, 0.2) is 24.3 Å². The molecule has 0 aromatic heterocycles. The number of Topliss-reactive ketones (excluding diaryl/α,β-unsaturated/α-hetero) is 1. The number of hydrogen-bond acceptors (Lipinski definition) is 3. The summed E-state index contributed by atoms with van der Waals surface area (Å²) in [7, 11) is 0. The molecule has 1 aromatic rings. The van der Waals surface area contributed by atoms with Crippen LogP contribution in [0, 0.1) is 5.92 Å². The summed E-state index contributed by atoms with van der Waals surface area (Å²) in [6, 6.07) is 6.14. The molecule has 0 aliphatic carbocycles. The van der Waals surface area contributed by atoms with Gasteiger partial charge in [-0.15, -0.1) is 0 Å². The van der Waals surface area contributed by atoms with Gasteiger partial charge in [-0.3, -0.25) is 9.59 Å². The molecular formula is C13H18O4. The summed E-state index contributed by atoms with van der Waals surface area (Å²) in [5.41, 5.74) is 0.718. The van der Waals surface area contributed by atoms with Gasteiger partial charge in [-0.1, -0.05) is 26.0 Å². The number of ketones is 1. The lowest BCUT2D eigenvalue weighted by Crippen LogP contribution is -2.23. The van der Waals surface area contributed by atoms with E-state index in [1.54, 1.807) is 12.1 Å². The molecule has 0 saturated heterocycles. The minimum atomic E-state index is -1.12. The minimum Gasteiger partial charge on any atom is -0.508 e. The maximum absolute atomic E-state index is 11.0. The van der Waals surface area contributed by atoms with Gasteiger partial charge in [-0.05, 0) is 31.0 Å². The van der Waals surface area contributed by atoms with E-state index in [0.29, 0.717) is 0 Å². The molecule has 0 bridgehead atoms. The highest BCUT2D eigenvalue weighted by Gasteiger charge is 2.22. The zero-order valence-corrected chi connectivity index (χ0v) is 10.3. The van der Waals surface area contributed by atoms with E-state index in [4.69, 9.17) is 10.2 Å². The molecule has 4 nitrogen and oxygen atoms in total. The second-order valence-corrected chi connectivity index (χ2v) is 3.37. The van der Waals surface area contributed by atoms with Gasteiger partial charge in [0, 0.05) is 0 Å². The van der Waals surface area contributed by atoms with Gasteiger partial charge in [0.15, 0.2) is 0 Å². The van der Waals surface area contributed by atoms with Gasteiger partial charge < -0.3 is 10.2 Å². The van der Waals surface area contributed by atoms with E-state index in [1.807, 2.05) is 13.8 Å². The van der Waals surface area contributed by atoms with Crippen LogP contribution in [0.2, 0.25) is 0 Å². The Morgan fingerprint density at radius 3 is 2.00 bits per heavy atom. The molecule has 0 aliphatic rings. The van der Waals surface area contributed by atoms with Crippen molar-refractivity contribution in [2.24, 2.45) is 5.92 Å². The fraction of sp³-hybridized carbons (Fsp3) is 0.385. The van der Waals surface area contributed by atoms with Crippen LogP contribution in [0.5, 0.6) is 5.75 Å². The third-order valence-electron chi connectivity index (χ3n) is 2.16. The largest absolute Gasteiger partial charge is 0.508 e. The van der Waals surface area contributed by atoms with Crippen LogP contribution in [0.1, 0.15) is 26.3 Å². The van der Waals surface area contributed by atoms with Crippen molar-refractivity contribution < 1.29 is 19.8 Å². The van der Waals surface area contributed by atoms with Gasteiger partial charge in [-0.2, -0.15) is 0 Å². The third-order valence-corrected chi connectivity index (χ3v) is 2.16. The van der Waals surface area contributed by atoms with Gasteiger partial charge in [0.25, 0.3) is 0 Å². The zero-order valence-electron chi connectivity index (χ0n) is 10.3. The first-order valence-corrected chi connectivity index (χ1v) is 5.52. The molecule has 2 N–H and O–H groups in total. The number of phenolic OH excluding ortho intramolecular Hbond substituents is 1. The smallest absolute Gasteiger partial charge is 0.314 e. The van der Waals surface area contributed by atoms with Crippen molar-refractivity contribution in [3.05, 3.63) is 29.8 Å². The molecule has 0 saturated carbocycles. The lowest BCUT2D eigenvalue weighted by Gasteiger charge is -2.08. The van der Waals surface area contributed by atoms with Crippen LogP contribution in [-0.4, -0.2) is 22.0 Å². The highest BCUT2D eigenvalue weighted by molar-refractivity contribution is 5.97. The molecule has 0 fully saturated rings. The van der Waals surface area contributed by atoms with Gasteiger partial charge in [0.05, 0.1) is 0 Å². The SMILES string of the molecule is CC.CC(=O)C(Cc1ccc(O)cc1)C(=O)O. The molecule has 1 atom stereocenters. The molecule has 17 heavy (non-hydrogen) atoms. The number of hydrogen-bond donors (Lipinski definition) is 2. The topological polar surface area (TPSA) is 74.6 Å². The van der Waals surface area contributed by atoms with Crippen molar-refractivity contribution >= 4 is 11.8 Å². The standard InChI is InChI=1S/C11H12O4.C2H6/c1-7(12)10(11(14)15)6-8-2-4-9(13)5-3-8;1-2/h2-5,10,13H,6H2,1H3,(H,14,15);1-2H3. The first-order chi connectivity index (χ1) is 8.00. The van der Waals surface area contributed by atoms with Crippen LogP contribution in [0.3, 0.4) is 0 Å². The molecule has 4 heteroatoms. The number of phenols is 1. The number of carboxylic acids is 1. The highest BCUT2D eigenvalue weighted by atomic mass is 16.4. The number of aromatic hydroxyl groups is 1. The summed E-state index contributed by atoms with van der Waals surface area (Å²) < 4.78 is 0. The normalized spacial score (nSPS) is 11.0. The maximum atomic E-state index is 11.0. The monoisotopic (exact) mass is 238 g/mol. The van der Waals surface area contributed by atoms with Crippen molar-refractivity contribution in [2.45, 2.75) is 27.2 Å². The summed E-state index contributed by atoms with van der Waals surface area (Å²) in [4.78, 5) is 21.8. The number of aliphatic carboxylic acids is 1. The Bertz CT molecular complexity index is 354. The first kappa shape index (κ1) is 15.2. The lowest BCUT2D eigenvalue weighted by molar-refractivity contribution is -0.145. The van der Waals surface area contributed by atoms with E-state index in [2.05, 4.69) is 0 Å². The number of carbonyl (C=O) groups excluding carboxylic acids is 1. The maximum Gasteiger partial charge on any atom is 0.314 e. The van der Waals surface area contributed by atoms with E-state index in [-0.39, 0.29) is 18.0 Å². The summed E-state index contributed by atoms with van der Waals surface area (Å²) in [6.07, 6.45) is 0.158.